The number of likely N-dealkylation sites (tertiary alicyclic amines) is 1. The number of aromatic hydroxyl groups is 1. The molecule has 2 aromatic rings. The van der Waals surface area contributed by atoms with Crippen molar-refractivity contribution in [2.45, 2.75) is 64.9 Å². The predicted molar refractivity (Wildman–Crippen MR) is 161 cm³/mol. The molecule has 7 heteroatoms. The zero-order chi connectivity index (χ0) is 29.8. The highest BCUT2D eigenvalue weighted by molar-refractivity contribution is 6.06. The average Bonchev–Trinajstić information content (AvgIpc) is 3.50. The average molecular weight is 572 g/mol. The molecule has 2 fully saturated rings. The van der Waals surface area contributed by atoms with Crippen LogP contribution in [0, 0.1) is 23.7 Å². The minimum absolute atomic E-state index is 0.0768. The number of carboxylic acid groups (broad SMARTS) is 1. The van der Waals surface area contributed by atoms with Crippen molar-refractivity contribution in [2.75, 3.05) is 13.2 Å². The molecule has 2 N–H and O–H groups in total. The van der Waals surface area contributed by atoms with Gasteiger partial charge in [-0.1, -0.05) is 74.4 Å². The molecule has 2 aromatic carbocycles. The Bertz CT molecular complexity index is 1360. The lowest BCUT2D eigenvalue weighted by atomic mass is 9.67. The third-order valence-corrected chi connectivity index (χ3v) is 9.06. The van der Waals surface area contributed by atoms with Crippen LogP contribution in [-0.4, -0.2) is 52.2 Å². The molecule has 1 aliphatic carbocycles. The lowest BCUT2D eigenvalue weighted by Gasteiger charge is -2.33. The summed E-state index contributed by atoms with van der Waals surface area (Å²) in [5.41, 5.74) is 5.81. The number of aliphatic carboxylic acids is 1. The molecule has 0 radical (unpaired) electrons. The molecule has 2 amide bonds. The molecular formula is C35H41NO6. The summed E-state index contributed by atoms with van der Waals surface area (Å²) in [7, 11) is 0. The van der Waals surface area contributed by atoms with Gasteiger partial charge >= 0.3 is 5.97 Å². The maximum absolute atomic E-state index is 13.6. The Labute approximate surface area is 247 Å². The van der Waals surface area contributed by atoms with Crippen LogP contribution < -0.4 is 0 Å². The second-order valence-electron chi connectivity index (χ2n) is 12.1. The van der Waals surface area contributed by atoms with Gasteiger partial charge in [0.1, 0.15) is 5.75 Å². The number of rotatable bonds is 12. The topological polar surface area (TPSA) is 104 Å². The first-order valence-corrected chi connectivity index (χ1v) is 15.2. The van der Waals surface area contributed by atoms with Crippen LogP contribution in [0.2, 0.25) is 0 Å². The van der Waals surface area contributed by atoms with Crippen molar-refractivity contribution in [3.8, 4) is 5.75 Å². The maximum Gasteiger partial charge on any atom is 0.303 e. The van der Waals surface area contributed by atoms with Gasteiger partial charge in [0, 0.05) is 18.9 Å². The van der Waals surface area contributed by atoms with E-state index >= 15 is 0 Å². The van der Waals surface area contributed by atoms with Crippen LogP contribution in [-0.2, 0) is 19.1 Å². The van der Waals surface area contributed by atoms with Crippen molar-refractivity contribution in [1.29, 1.82) is 0 Å². The van der Waals surface area contributed by atoms with Crippen molar-refractivity contribution in [3.05, 3.63) is 76.9 Å². The Morgan fingerprint density at radius 2 is 1.71 bits per heavy atom. The van der Waals surface area contributed by atoms with E-state index < -0.39 is 5.97 Å². The molecule has 0 unspecified atom stereocenters. The Balaban J connectivity index is 1.33. The smallest absolute Gasteiger partial charge is 0.303 e. The standard InChI is InChI=1S/C35H41NO6/c1-22(2)27-20-28-33(35(41)36(34(28)40)18-8-4-7-11-31(38)39)29-21-42-30(32(27)29)17-14-25(24-9-5-3-6-10-24)19-23-12-15-26(37)16-13-23/h3,5-6,9-10,12-13,15-16,19,22,28-30,33,37H,4,7-8,11,14,17-18,20-21H2,1-2H3,(H,38,39)/b25-19-/t28-,29+,30-,33-/m1/s1. The molecule has 0 bridgehead atoms. The summed E-state index contributed by atoms with van der Waals surface area (Å²) in [5, 5.41) is 18.6. The second kappa shape index (κ2) is 13.1. The molecule has 5 rings (SSSR count). The number of allylic oxidation sites excluding steroid dienone is 2. The summed E-state index contributed by atoms with van der Waals surface area (Å²) in [4.78, 5) is 39.3. The predicted octanol–water partition coefficient (Wildman–Crippen LogP) is 6.33. The summed E-state index contributed by atoms with van der Waals surface area (Å²) in [6.07, 6.45) is 6.16. The Kier molecular flexibility index (Phi) is 9.27. The van der Waals surface area contributed by atoms with E-state index in [1.54, 1.807) is 12.1 Å². The maximum atomic E-state index is 13.6. The van der Waals surface area contributed by atoms with E-state index in [4.69, 9.17) is 9.84 Å². The molecule has 222 valence electrons. The van der Waals surface area contributed by atoms with Gasteiger partial charge in [-0.25, -0.2) is 0 Å². The van der Waals surface area contributed by atoms with E-state index in [0.717, 1.165) is 24.0 Å². The fourth-order valence-electron chi connectivity index (χ4n) is 6.98. The van der Waals surface area contributed by atoms with Crippen LogP contribution in [0.4, 0.5) is 0 Å². The largest absolute Gasteiger partial charge is 0.508 e. The van der Waals surface area contributed by atoms with Gasteiger partial charge in [-0.2, -0.15) is 0 Å². The van der Waals surface area contributed by atoms with E-state index in [-0.39, 0.29) is 53.8 Å². The van der Waals surface area contributed by atoms with Gasteiger partial charge in [0.2, 0.25) is 11.8 Å². The zero-order valence-electron chi connectivity index (χ0n) is 24.5. The fourth-order valence-corrected chi connectivity index (χ4v) is 6.98. The molecule has 2 heterocycles. The van der Waals surface area contributed by atoms with Crippen LogP contribution >= 0.6 is 0 Å². The van der Waals surface area contributed by atoms with Crippen LogP contribution in [0.3, 0.4) is 0 Å². The van der Waals surface area contributed by atoms with Gasteiger partial charge in [-0.05, 0) is 72.4 Å². The van der Waals surface area contributed by atoms with E-state index in [1.165, 1.54) is 21.6 Å². The molecule has 0 spiro atoms. The number of benzene rings is 2. The SMILES string of the molecule is CC(C)C1=C2[C@@H](CC/C(=C/c3ccc(O)cc3)c3ccccc3)OC[C@@H]2[C@@H]2C(=O)N(CCCCCC(=O)O)C(=O)[C@@H]2C1. The molecule has 0 aromatic heterocycles. The number of ether oxygens (including phenoxy) is 1. The Morgan fingerprint density at radius 1 is 0.976 bits per heavy atom. The normalized spacial score (nSPS) is 24.0. The Hall–Kier alpha value is -3.71. The molecule has 0 saturated carbocycles. The number of carboxylic acids is 1. The van der Waals surface area contributed by atoms with Crippen molar-refractivity contribution in [1.82, 2.24) is 4.90 Å². The number of hydrogen-bond acceptors (Lipinski definition) is 5. The van der Waals surface area contributed by atoms with Gasteiger partial charge in [0.25, 0.3) is 0 Å². The lowest BCUT2D eigenvalue weighted by Crippen LogP contribution is -2.35. The first-order chi connectivity index (χ1) is 20.2. The van der Waals surface area contributed by atoms with Gasteiger partial charge in [0.15, 0.2) is 0 Å². The summed E-state index contributed by atoms with van der Waals surface area (Å²) >= 11 is 0. The third kappa shape index (κ3) is 6.36. The van der Waals surface area contributed by atoms with E-state index in [9.17, 15) is 19.5 Å². The quantitative estimate of drug-likeness (QED) is 0.134. The number of carbonyl (C=O) groups is 3. The number of hydrogen-bond donors (Lipinski definition) is 2. The van der Waals surface area contributed by atoms with Crippen molar-refractivity contribution < 1.29 is 29.3 Å². The number of unbranched alkanes of at least 4 members (excludes halogenated alkanes) is 2. The summed E-state index contributed by atoms with van der Waals surface area (Å²) < 4.78 is 6.44. The molecule has 7 nitrogen and oxygen atoms in total. The minimum atomic E-state index is -0.823. The van der Waals surface area contributed by atoms with E-state index in [0.29, 0.717) is 38.8 Å². The number of nitrogens with zero attached hydrogens (tertiary/aromatic N) is 1. The number of imide groups is 1. The van der Waals surface area contributed by atoms with Crippen LogP contribution in [0.25, 0.3) is 11.6 Å². The van der Waals surface area contributed by atoms with Crippen molar-refractivity contribution in [3.63, 3.8) is 0 Å². The molecular weight excluding hydrogens is 530 g/mol. The molecule has 2 aliphatic heterocycles. The van der Waals surface area contributed by atoms with Gasteiger partial charge in [-0.3, -0.25) is 19.3 Å². The van der Waals surface area contributed by atoms with Gasteiger partial charge in [0.05, 0.1) is 24.5 Å². The minimum Gasteiger partial charge on any atom is -0.508 e. The lowest BCUT2D eigenvalue weighted by molar-refractivity contribution is -0.141. The first kappa shape index (κ1) is 29.8. The number of phenols is 1. The van der Waals surface area contributed by atoms with Crippen LogP contribution in [0.1, 0.15) is 69.9 Å². The van der Waals surface area contributed by atoms with E-state index in [2.05, 4.69) is 32.1 Å². The monoisotopic (exact) mass is 571 g/mol. The Morgan fingerprint density at radius 3 is 2.40 bits per heavy atom. The number of phenolic OH excluding ortho intramolecular Hbond substituents is 1. The summed E-state index contributed by atoms with van der Waals surface area (Å²) in [5.74, 6) is -1.29. The summed E-state index contributed by atoms with van der Waals surface area (Å²) in [6, 6.07) is 17.5. The van der Waals surface area contributed by atoms with Crippen LogP contribution in [0.5, 0.6) is 5.75 Å². The molecule has 4 atom stereocenters. The third-order valence-electron chi connectivity index (χ3n) is 9.06. The first-order valence-electron chi connectivity index (χ1n) is 15.2. The number of carbonyl (C=O) groups excluding carboxylic acids is 2. The highest BCUT2D eigenvalue weighted by Crippen LogP contribution is 2.51. The number of fused-ring (bicyclic) bond motifs is 3. The molecule has 42 heavy (non-hydrogen) atoms. The second-order valence-corrected chi connectivity index (χ2v) is 12.1. The fraction of sp³-hybridized carbons (Fsp3) is 0.457. The molecule has 3 aliphatic rings. The van der Waals surface area contributed by atoms with Gasteiger partial charge in [-0.15, -0.1) is 0 Å². The van der Waals surface area contributed by atoms with E-state index in [1.807, 2.05) is 30.3 Å². The zero-order valence-corrected chi connectivity index (χ0v) is 24.5. The number of amides is 2. The van der Waals surface area contributed by atoms with Gasteiger partial charge < -0.3 is 14.9 Å². The van der Waals surface area contributed by atoms with Crippen molar-refractivity contribution >= 4 is 29.4 Å². The molecule has 2 saturated heterocycles. The highest BCUT2D eigenvalue weighted by atomic mass is 16.5. The highest BCUT2D eigenvalue weighted by Gasteiger charge is 2.56. The van der Waals surface area contributed by atoms with Crippen molar-refractivity contribution in [2.24, 2.45) is 23.7 Å². The van der Waals surface area contributed by atoms with Crippen LogP contribution in [0.15, 0.2) is 65.7 Å². The summed E-state index contributed by atoms with van der Waals surface area (Å²) in [6.45, 7) is 5.13.